The largest absolute Gasteiger partial charge is 0.377 e. The van der Waals surface area contributed by atoms with Crippen LogP contribution in [0.15, 0.2) is 48.5 Å². The summed E-state index contributed by atoms with van der Waals surface area (Å²) < 4.78 is 9.56. The van der Waals surface area contributed by atoms with Crippen molar-refractivity contribution in [2.45, 2.75) is 32.7 Å². The Morgan fingerprint density at radius 2 is 1.74 bits per heavy atom. The number of rotatable bonds is 5. The predicted octanol–water partition coefficient (Wildman–Crippen LogP) is 5.16. The highest BCUT2D eigenvalue weighted by Crippen LogP contribution is 2.31. The van der Waals surface area contributed by atoms with Crippen LogP contribution < -0.4 is 5.32 Å². The van der Waals surface area contributed by atoms with Gasteiger partial charge in [-0.05, 0) is 48.7 Å². The molecular formula is C22H27N3OS. The van der Waals surface area contributed by atoms with Crippen LogP contribution in [0.5, 0.6) is 0 Å². The molecule has 3 aromatic rings. The third kappa shape index (κ3) is 5.45. The van der Waals surface area contributed by atoms with E-state index in [1.807, 2.05) is 24.3 Å². The third-order valence-corrected chi connectivity index (χ3v) is 4.31. The molecule has 0 bridgehead atoms. The van der Waals surface area contributed by atoms with Crippen LogP contribution in [0.1, 0.15) is 43.1 Å². The van der Waals surface area contributed by atoms with Gasteiger partial charge in [-0.2, -0.15) is 5.26 Å². The Bertz CT molecular complexity index is 934. The molecule has 142 valence electrons. The highest BCUT2D eigenvalue weighted by atomic mass is 32.2. The maximum absolute atomic E-state index is 9.56. The molecule has 0 amide bonds. The summed E-state index contributed by atoms with van der Waals surface area (Å²) in [7, 11) is -0.611. The van der Waals surface area contributed by atoms with Crippen LogP contribution in [0.4, 0.5) is 5.69 Å². The molecule has 0 unspecified atom stereocenters. The highest BCUT2D eigenvalue weighted by molar-refractivity contribution is 7.83. The fourth-order valence-electron chi connectivity index (χ4n) is 3.12. The third-order valence-electron chi connectivity index (χ3n) is 4.31. The quantitative estimate of drug-likeness (QED) is 0.641. The number of fused-ring (bicyclic) bond motifs is 1. The minimum absolute atomic E-state index is 0.227. The number of nitriles is 1. The van der Waals surface area contributed by atoms with Gasteiger partial charge in [0.25, 0.3) is 0 Å². The first-order valence-electron chi connectivity index (χ1n) is 9.11. The number of benzene rings is 2. The molecule has 1 atom stereocenters. The number of aromatic amines is 1. The van der Waals surface area contributed by atoms with Crippen molar-refractivity contribution in [2.24, 2.45) is 0 Å². The fourth-order valence-corrected chi connectivity index (χ4v) is 3.12. The van der Waals surface area contributed by atoms with E-state index >= 15 is 0 Å². The molecule has 5 heteroatoms. The molecule has 0 saturated heterocycles. The zero-order valence-electron chi connectivity index (χ0n) is 16.4. The van der Waals surface area contributed by atoms with E-state index in [9.17, 15) is 4.21 Å². The number of nitrogens with zero attached hydrogens (tertiary/aromatic N) is 1. The number of anilines is 1. The van der Waals surface area contributed by atoms with Crippen LogP contribution in [-0.2, 0) is 17.2 Å². The van der Waals surface area contributed by atoms with E-state index in [2.05, 4.69) is 54.5 Å². The molecular weight excluding hydrogens is 354 g/mol. The molecule has 1 heterocycles. The van der Waals surface area contributed by atoms with Crippen molar-refractivity contribution in [3.8, 4) is 6.07 Å². The molecule has 4 nitrogen and oxygen atoms in total. The smallest absolute Gasteiger partial charge is 0.0991 e. The average molecular weight is 382 g/mol. The van der Waals surface area contributed by atoms with E-state index in [0.29, 0.717) is 5.56 Å². The van der Waals surface area contributed by atoms with E-state index in [1.54, 1.807) is 12.5 Å². The zero-order chi connectivity index (χ0) is 19.8. The standard InChI is InChI=1S/C20H21N3.C2H6OS/c1-3-16-17-7-5-6-8-19(17)23-20(16)18(4-2)22-15-11-9-14(13-21)10-12-15;1-4(2)3/h5-12,18,22-23H,3-4H2,1-2H3;1-2H3/t18-;/m1./s1. The molecule has 0 radical (unpaired) electrons. The van der Waals surface area contributed by atoms with Crippen molar-refractivity contribution in [2.75, 3.05) is 17.8 Å². The molecule has 2 N–H and O–H groups in total. The second-order valence-corrected chi connectivity index (χ2v) is 7.94. The number of aryl methyl sites for hydroxylation is 1. The van der Waals surface area contributed by atoms with Crippen molar-refractivity contribution in [3.63, 3.8) is 0 Å². The lowest BCUT2D eigenvalue weighted by Gasteiger charge is -2.19. The molecule has 3 rings (SSSR count). The first kappa shape index (κ1) is 20.7. The van der Waals surface area contributed by atoms with Gasteiger partial charge in [-0.25, -0.2) is 0 Å². The van der Waals surface area contributed by atoms with Crippen LogP contribution in [-0.4, -0.2) is 21.7 Å². The lowest BCUT2D eigenvalue weighted by atomic mass is 10.0. The molecule has 2 aromatic carbocycles. The van der Waals surface area contributed by atoms with Gasteiger partial charge in [0, 0.05) is 45.6 Å². The van der Waals surface area contributed by atoms with Crippen molar-refractivity contribution >= 4 is 27.4 Å². The molecule has 0 fully saturated rings. The number of hydrogen-bond donors (Lipinski definition) is 2. The number of nitrogens with one attached hydrogen (secondary N) is 2. The van der Waals surface area contributed by atoms with Gasteiger partial charge in [-0.1, -0.05) is 32.0 Å². The number of H-pyrrole nitrogens is 1. The van der Waals surface area contributed by atoms with Gasteiger partial charge in [0.05, 0.1) is 17.7 Å². The van der Waals surface area contributed by atoms with Gasteiger partial charge in [0.15, 0.2) is 0 Å². The lowest BCUT2D eigenvalue weighted by Crippen LogP contribution is -2.12. The second kappa shape index (κ2) is 9.94. The summed E-state index contributed by atoms with van der Waals surface area (Å²) in [6.07, 6.45) is 5.27. The molecule has 1 aromatic heterocycles. The monoisotopic (exact) mass is 381 g/mol. The zero-order valence-corrected chi connectivity index (χ0v) is 17.2. The van der Waals surface area contributed by atoms with Gasteiger partial charge in [0.2, 0.25) is 0 Å². The van der Waals surface area contributed by atoms with Crippen molar-refractivity contribution in [1.29, 1.82) is 5.26 Å². The highest BCUT2D eigenvalue weighted by Gasteiger charge is 2.17. The van der Waals surface area contributed by atoms with Crippen LogP contribution in [0, 0.1) is 11.3 Å². The summed E-state index contributed by atoms with van der Waals surface area (Å²) in [6, 6.07) is 18.5. The fraction of sp³-hybridized carbons (Fsp3) is 0.318. The summed E-state index contributed by atoms with van der Waals surface area (Å²) in [4.78, 5) is 3.59. The van der Waals surface area contributed by atoms with E-state index in [4.69, 9.17) is 5.26 Å². The average Bonchev–Trinajstić information content (AvgIpc) is 3.04. The van der Waals surface area contributed by atoms with Gasteiger partial charge in [0.1, 0.15) is 0 Å². The van der Waals surface area contributed by atoms with Crippen LogP contribution in [0.2, 0.25) is 0 Å². The summed E-state index contributed by atoms with van der Waals surface area (Å²) in [5.41, 5.74) is 5.56. The molecule has 27 heavy (non-hydrogen) atoms. The molecule has 0 aliphatic heterocycles. The first-order chi connectivity index (χ1) is 13.0. The van der Waals surface area contributed by atoms with Crippen molar-refractivity contribution in [3.05, 3.63) is 65.4 Å². The Balaban J connectivity index is 0.000000596. The van der Waals surface area contributed by atoms with Gasteiger partial charge < -0.3 is 10.3 Å². The Labute approximate surface area is 164 Å². The van der Waals surface area contributed by atoms with Gasteiger partial charge in [-0.15, -0.1) is 0 Å². The number of para-hydroxylation sites is 1. The van der Waals surface area contributed by atoms with Crippen molar-refractivity contribution in [1.82, 2.24) is 4.98 Å². The number of hydrogen-bond acceptors (Lipinski definition) is 3. The normalized spacial score (nSPS) is 11.6. The summed E-state index contributed by atoms with van der Waals surface area (Å²) in [5, 5.41) is 13.8. The Morgan fingerprint density at radius 1 is 1.11 bits per heavy atom. The van der Waals surface area contributed by atoms with Gasteiger partial charge >= 0.3 is 0 Å². The topological polar surface area (TPSA) is 68.7 Å². The summed E-state index contributed by atoms with van der Waals surface area (Å²) in [5.74, 6) is 0. The molecule has 0 saturated carbocycles. The minimum Gasteiger partial charge on any atom is -0.377 e. The maximum atomic E-state index is 9.56. The van der Waals surface area contributed by atoms with E-state index in [-0.39, 0.29) is 6.04 Å². The SMILES string of the molecule is CCc1c([C@@H](CC)Nc2ccc(C#N)cc2)[nH]c2ccccc12.CS(C)=O. The molecule has 0 aliphatic rings. The van der Waals surface area contributed by atoms with E-state index in [0.717, 1.165) is 18.5 Å². The molecule has 0 aliphatic carbocycles. The Hall–Kier alpha value is -2.58. The summed E-state index contributed by atoms with van der Waals surface area (Å²) in [6.45, 7) is 4.39. The second-order valence-electron chi connectivity index (χ2n) is 6.45. The predicted molar refractivity (Wildman–Crippen MR) is 115 cm³/mol. The van der Waals surface area contributed by atoms with Crippen LogP contribution in [0.3, 0.4) is 0 Å². The Kier molecular flexibility index (Phi) is 7.63. The first-order valence-corrected chi connectivity index (χ1v) is 11.1. The van der Waals surface area contributed by atoms with Gasteiger partial charge in [-0.3, -0.25) is 4.21 Å². The van der Waals surface area contributed by atoms with Crippen LogP contribution >= 0.6 is 0 Å². The van der Waals surface area contributed by atoms with Crippen molar-refractivity contribution < 1.29 is 4.21 Å². The van der Waals surface area contributed by atoms with Crippen LogP contribution in [0.25, 0.3) is 10.9 Å². The Morgan fingerprint density at radius 3 is 2.30 bits per heavy atom. The van der Waals surface area contributed by atoms with E-state index < -0.39 is 10.8 Å². The summed E-state index contributed by atoms with van der Waals surface area (Å²) >= 11 is 0. The van der Waals surface area contributed by atoms with E-state index in [1.165, 1.54) is 22.2 Å². The number of aromatic nitrogens is 1. The maximum Gasteiger partial charge on any atom is 0.0991 e. The molecule has 0 spiro atoms. The minimum atomic E-state index is -0.611. The lowest BCUT2D eigenvalue weighted by molar-refractivity contribution is 0.690.